The lowest BCUT2D eigenvalue weighted by Crippen LogP contribution is -2.39. The summed E-state index contributed by atoms with van der Waals surface area (Å²) >= 11 is 0. The quantitative estimate of drug-likeness (QED) is 0.814. The van der Waals surface area contributed by atoms with Gasteiger partial charge in [0.25, 0.3) is 5.91 Å². The first-order valence-corrected chi connectivity index (χ1v) is 8.63. The molecule has 1 N–H and O–H groups in total. The zero-order chi connectivity index (χ0) is 18.4. The molecule has 1 amide bonds. The van der Waals surface area contributed by atoms with Crippen LogP contribution in [0.5, 0.6) is 11.5 Å². The largest absolute Gasteiger partial charge is 0.496 e. The number of carbonyl (C=O) groups is 1. The van der Waals surface area contributed by atoms with Crippen LogP contribution in [0.2, 0.25) is 0 Å². The molecule has 25 heavy (non-hydrogen) atoms. The molecule has 0 radical (unpaired) electrons. The summed E-state index contributed by atoms with van der Waals surface area (Å²) < 4.78 is 11.3. The molecule has 0 aliphatic heterocycles. The highest BCUT2D eigenvalue weighted by atomic mass is 16.5. The number of carbonyl (C=O) groups excluding carboxylic acids is 1. The van der Waals surface area contributed by atoms with Crippen LogP contribution in [0.1, 0.15) is 43.0 Å². The van der Waals surface area contributed by atoms with E-state index in [1.165, 1.54) is 5.56 Å². The van der Waals surface area contributed by atoms with E-state index in [1.807, 2.05) is 64.1 Å². The van der Waals surface area contributed by atoms with Crippen molar-refractivity contribution in [1.29, 1.82) is 0 Å². The van der Waals surface area contributed by atoms with Crippen molar-refractivity contribution in [3.8, 4) is 11.5 Å². The van der Waals surface area contributed by atoms with Gasteiger partial charge in [-0.3, -0.25) is 4.79 Å². The van der Waals surface area contributed by atoms with Crippen LogP contribution in [-0.2, 0) is 4.79 Å². The van der Waals surface area contributed by atoms with E-state index in [2.05, 4.69) is 11.4 Å². The summed E-state index contributed by atoms with van der Waals surface area (Å²) in [6.45, 7) is 7.92. The zero-order valence-corrected chi connectivity index (χ0v) is 15.6. The van der Waals surface area contributed by atoms with Gasteiger partial charge >= 0.3 is 0 Å². The van der Waals surface area contributed by atoms with Gasteiger partial charge < -0.3 is 14.8 Å². The van der Waals surface area contributed by atoms with Gasteiger partial charge in [0.1, 0.15) is 11.5 Å². The standard InChI is InChI=1S/C21H27NO3/c1-6-18(25-19-12-11-14(2)13-15(19)3)21(23)22-16(4)17-9-7-8-10-20(17)24-5/h7-13,16,18H,6H2,1-5H3,(H,22,23)/t16-,18-/m1/s1. The van der Waals surface area contributed by atoms with Gasteiger partial charge in [0.2, 0.25) is 0 Å². The molecule has 2 aromatic carbocycles. The van der Waals surface area contributed by atoms with E-state index in [1.54, 1.807) is 7.11 Å². The van der Waals surface area contributed by atoms with E-state index in [4.69, 9.17) is 9.47 Å². The van der Waals surface area contributed by atoms with Gasteiger partial charge in [-0.2, -0.15) is 0 Å². The lowest BCUT2D eigenvalue weighted by Gasteiger charge is -2.22. The van der Waals surface area contributed by atoms with Crippen LogP contribution in [-0.4, -0.2) is 19.1 Å². The van der Waals surface area contributed by atoms with E-state index in [-0.39, 0.29) is 11.9 Å². The lowest BCUT2D eigenvalue weighted by molar-refractivity contribution is -0.128. The summed E-state index contributed by atoms with van der Waals surface area (Å²) in [5.41, 5.74) is 3.15. The molecule has 0 saturated heterocycles. The van der Waals surface area contributed by atoms with Gasteiger partial charge in [-0.1, -0.05) is 42.8 Å². The second kappa shape index (κ2) is 8.56. The van der Waals surface area contributed by atoms with Crippen LogP contribution in [0.15, 0.2) is 42.5 Å². The van der Waals surface area contributed by atoms with Crippen LogP contribution >= 0.6 is 0 Å². The monoisotopic (exact) mass is 341 g/mol. The van der Waals surface area contributed by atoms with E-state index >= 15 is 0 Å². The Kier molecular flexibility index (Phi) is 6.45. The summed E-state index contributed by atoms with van der Waals surface area (Å²) in [6, 6.07) is 13.5. The average Bonchev–Trinajstić information content (AvgIpc) is 2.60. The predicted molar refractivity (Wildman–Crippen MR) is 100 cm³/mol. The van der Waals surface area contributed by atoms with Crippen LogP contribution in [0.4, 0.5) is 0 Å². The van der Waals surface area contributed by atoms with Crippen molar-refractivity contribution in [2.75, 3.05) is 7.11 Å². The molecule has 4 heteroatoms. The molecule has 0 unspecified atom stereocenters. The van der Waals surface area contributed by atoms with E-state index in [9.17, 15) is 4.79 Å². The Morgan fingerprint density at radius 2 is 1.84 bits per heavy atom. The summed E-state index contributed by atoms with van der Waals surface area (Å²) in [7, 11) is 1.63. The molecule has 0 fully saturated rings. The van der Waals surface area contributed by atoms with Crippen LogP contribution < -0.4 is 14.8 Å². The molecule has 0 saturated carbocycles. The molecule has 0 aliphatic carbocycles. The molecule has 2 atom stereocenters. The Labute approximate surface area is 150 Å². The fraction of sp³-hybridized carbons (Fsp3) is 0.381. The fourth-order valence-electron chi connectivity index (χ4n) is 2.82. The SMILES string of the molecule is CC[C@@H](Oc1ccc(C)cc1C)C(=O)N[C@H](C)c1ccccc1OC. The first kappa shape index (κ1) is 18.8. The van der Waals surface area contributed by atoms with Gasteiger partial charge in [0.15, 0.2) is 6.10 Å². The Morgan fingerprint density at radius 3 is 2.48 bits per heavy atom. The van der Waals surface area contributed by atoms with Crippen molar-refractivity contribution in [3.63, 3.8) is 0 Å². The number of hydrogen-bond acceptors (Lipinski definition) is 3. The molecule has 2 rings (SSSR count). The van der Waals surface area contributed by atoms with Crippen molar-refractivity contribution in [3.05, 3.63) is 59.2 Å². The molecule has 2 aromatic rings. The second-order valence-corrected chi connectivity index (χ2v) is 6.26. The van der Waals surface area contributed by atoms with Crippen molar-refractivity contribution < 1.29 is 14.3 Å². The third-order valence-corrected chi connectivity index (χ3v) is 4.23. The number of methoxy groups -OCH3 is 1. The zero-order valence-electron chi connectivity index (χ0n) is 15.6. The topological polar surface area (TPSA) is 47.6 Å². The van der Waals surface area contributed by atoms with Gasteiger partial charge in [-0.25, -0.2) is 0 Å². The average molecular weight is 341 g/mol. The summed E-state index contributed by atoms with van der Waals surface area (Å²) in [4.78, 5) is 12.7. The smallest absolute Gasteiger partial charge is 0.261 e. The molecule has 134 valence electrons. The number of hydrogen-bond donors (Lipinski definition) is 1. The number of benzene rings is 2. The maximum Gasteiger partial charge on any atom is 0.261 e. The predicted octanol–water partition coefficient (Wildman–Crippen LogP) is 4.35. The third-order valence-electron chi connectivity index (χ3n) is 4.23. The Balaban J connectivity index is 2.09. The van der Waals surface area contributed by atoms with Crippen molar-refractivity contribution in [1.82, 2.24) is 5.32 Å². The van der Waals surface area contributed by atoms with Crippen LogP contribution in [0.3, 0.4) is 0 Å². The van der Waals surface area contributed by atoms with Gasteiger partial charge in [-0.15, -0.1) is 0 Å². The molecule has 0 aliphatic rings. The Hall–Kier alpha value is -2.49. The fourth-order valence-corrected chi connectivity index (χ4v) is 2.82. The highest BCUT2D eigenvalue weighted by Gasteiger charge is 2.22. The normalized spacial score (nSPS) is 13.0. The lowest BCUT2D eigenvalue weighted by atomic mass is 10.1. The Morgan fingerprint density at radius 1 is 1.12 bits per heavy atom. The maximum absolute atomic E-state index is 12.7. The summed E-state index contributed by atoms with van der Waals surface area (Å²) in [5, 5.41) is 3.03. The van der Waals surface area contributed by atoms with Crippen LogP contribution in [0, 0.1) is 13.8 Å². The van der Waals surface area contributed by atoms with Gasteiger partial charge in [0, 0.05) is 5.56 Å². The number of para-hydroxylation sites is 1. The third kappa shape index (κ3) is 4.75. The number of rotatable bonds is 7. The molecule has 0 aromatic heterocycles. The van der Waals surface area contributed by atoms with Crippen LogP contribution in [0.25, 0.3) is 0 Å². The van der Waals surface area contributed by atoms with Crippen molar-refractivity contribution >= 4 is 5.91 Å². The second-order valence-electron chi connectivity index (χ2n) is 6.26. The highest BCUT2D eigenvalue weighted by Crippen LogP contribution is 2.25. The molecular weight excluding hydrogens is 314 g/mol. The molecule has 0 bridgehead atoms. The highest BCUT2D eigenvalue weighted by molar-refractivity contribution is 5.81. The number of nitrogens with one attached hydrogen (secondary N) is 1. The van der Waals surface area contributed by atoms with E-state index in [0.717, 1.165) is 22.6 Å². The minimum atomic E-state index is -0.529. The first-order valence-electron chi connectivity index (χ1n) is 8.63. The minimum absolute atomic E-state index is 0.124. The number of ether oxygens (including phenoxy) is 2. The van der Waals surface area contributed by atoms with E-state index in [0.29, 0.717) is 6.42 Å². The van der Waals surface area contributed by atoms with Crippen molar-refractivity contribution in [2.45, 2.75) is 46.3 Å². The van der Waals surface area contributed by atoms with Gasteiger partial charge in [0.05, 0.1) is 13.2 Å². The molecular formula is C21H27NO3. The molecule has 0 heterocycles. The summed E-state index contributed by atoms with van der Waals surface area (Å²) in [6.07, 6.45) is 0.0659. The molecule has 0 spiro atoms. The van der Waals surface area contributed by atoms with E-state index < -0.39 is 6.10 Å². The first-order chi connectivity index (χ1) is 12.0. The maximum atomic E-state index is 12.7. The Bertz CT molecular complexity index is 727. The van der Waals surface area contributed by atoms with Gasteiger partial charge in [-0.05, 0) is 44.9 Å². The molecule has 4 nitrogen and oxygen atoms in total. The minimum Gasteiger partial charge on any atom is -0.496 e. The van der Waals surface area contributed by atoms with Crippen molar-refractivity contribution in [2.24, 2.45) is 0 Å². The summed E-state index contributed by atoms with van der Waals surface area (Å²) in [5.74, 6) is 1.39. The number of aryl methyl sites for hydroxylation is 2. The number of amides is 1.